The molecule has 9 heteroatoms. The van der Waals surface area contributed by atoms with Gasteiger partial charge in [0.05, 0.1) is 23.6 Å². The van der Waals surface area contributed by atoms with Gasteiger partial charge >= 0.3 is 0 Å². The van der Waals surface area contributed by atoms with E-state index in [4.69, 9.17) is 21.1 Å². The van der Waals surface area contributed by atoms with Gasteiger partial charge in [-0.1, -0.05) is 56.7 Å². The minimum absolute atomic E-state index is 0.0478. The van der Waals surface area contributed by atoms with Crippen LogP contribution in [-0.2, 0) is 26.9 Å². The van der Waals surface area contributed by atoms with Crippen LogP contribution in [0.3, 0.4) is 0 Å². The van der Waals surface area contributed by atoms with Crippen LogP contribution in [-0.4, -0.2) is 54.1 Å². The number of Topliss-reactive ketones (excluding diaryl/α,β-unsaturated/α-hetero) is 1. The molecule has 1 saturated carbocycles. The molecule has 2 aliphatic heterocycles. The van der Waals surface area contributed by atoms with Crippen molar-refractivity contribution < 1.29 is 23.3 Å². The zero-order valence-corrected chi connectivity index (χ0v) is 30.3. The molecule has 7 nitrogen and oxygen atoms in total. The Morgan fingerprint density at radius 1 is 1.15 bits per heavy atom. The predicted octanol–water partition coefficient (Wildman–Crippen LogP) is 7.85. The first-order valence-corrected chi connectivity index (χ1v) is 18.4. The summed E-state index contributed by atoms with van der Waals surface area (Å²) in [5, 5.41) is 0.569. The molecule has 2 heterocycles. The first-order chi connectivity index (χ1) is 22.4. The van der Waals surface area contributed by atoms with Crippen LogP contribution in [0.4, 0.5) is 5.69 Å². The Kier molecular flexibility index (Phi) is 13.3. The molecule has 0 saturated heterocycles. The molecule has 2 bridgehead atoms. The van der Waals surface area contributed by atoms with Crippen molar-refractivity contribution in [3.63, 3.8) is 0 Å². The average molecular weight is 683 g/mol. The van der Waals surface area contributed by atoms with E-state index in [0.29, 0.717) is 29.6 Å². The topological polar surface area (TPSA) is 84.9 Å². The molecule has 2 aromatic rings. The van der Waals surface area contributed by atoms with Crippen molar-refractivity contribution in [3.05, 3.63) is 82.4 Å². The first-order valence-electron chi connectivity index (χ1n) is 16.8. The number of rotatable bonds is 5. The summed E-state index contributed by atoms with van der Waals surface area (Å²) in [5.41, 5.74) is 4.58. The van der Waals surface area contributed by atoms with Crippen molar-refractivity contribution in [2.75, 3.05) is 31.7 Å². The van der Waals surface area contributed by atoms with Gasteiger partial charge < -0.3 is 14.4 Å². The van der Waals surface area contributed by atoms with E-state index in [1.165, 1.54) is 18.1 Å². The van der Waals surface area contributed by atoms with Crippen molar-refractivity contribution >= 4 is 40.0 Å². The van der Waals surface area contributed by atoms with Gasteiger partial charge in [-0.15, -0.1) is 0 Å². The maximum absolute atomic E-state index is 13.3. The number of hydrogen-bond acceptors (Lipinski definition) is 6. The minimum atomic E-state index is -1.50. The molecule has 3 aliphatic rings. The molecule has 1 amide bonds. The van der Waals surface area contributed by atoms with E-state index in [0.717, 1.165) is 61.7 Å². The van der Waals surface area contributed by atoms with Crippen LogP contribution in [0.5, 0.6) is 5.75 Å². The third-order valence-electron chi connectivity index (χ3n) is 9.90. The first kappa shape index (κ1) is 36.9. The molecule has 7 unspecified atom stereocenters. The van der Waals surface area contributed by atoms with Gasteiger partial charge in [0.2, 0.25) is 0 Å². The second-order valence-electron chi connectivity index (χ2n) is 13.3. The van der Waals surface area contributed by atoms with E-state index in [1.54, 1.807) is 20.1 Å². The van der Waals surface area contributed by atoms with Gasteiger partial charge in [0.25, 0.3) is 5.91 Å². The van der Waals surface area contributed by atoms with Gasteiger partial charge in [-0.2, -0.15) is 0 Å². The number of carbonyl (C=O) groups excluding carboxylic acids is 2. The average Bonchev–Trinajstić information content (AvgIpc) is 3.21. The molecular weight excluding hydrogens is 632 g/mol. The fourth-order valence-corrected chi connectivity index (χ4v) is 7.68. The van der Waals surface area contributed by atoms with Gasteiger partial charge in [-0.05, 0) is 111 Å². The quantitative estimate of drug-likeness (QED) is 0.256. The summed E-state index contributed by atoms with van der Waals surface area (Å²) < 4.78 is 28.3. The highest BCUT2D eigenvalue weighted by molar-refractivity contribution is 7.84. The van der Waals surface area contributed by atoms with E-state index >= 15 is 0 Å². The van der Waals surface area contributed by atoms with Gasteiger partial charge in [-0.3, -0.25) is 14.3 Å². The van der Waals surface area contributed by atoms with Crippen LogP contribution < -0.4 is 14.4 Å². The Balaban J connectivity index is 0.000000762. The third-order valence-corrected chi connectivity index (χ3v) is 11.7. The van der Waals surface area contributed by atoms with E-state index in [1.807, 2.05) is 25.1 Å². The Bertz CT molecular complexity index is 1480. The van der Waals surface area contributed by atoms with Gasteiger partial charge in [0.1, 0.15) is 16.7 Å². The van der Waals surface area contributed by atoms with Crippen LogP contribution in [0.25, 0.3) is 0 Å². The number of benzene rings is 2. The van der Waals surface area contributed by atoms with Gasteiger partial charge in [-0.25, -0.2) is 4.21 Å². The van der Waals surface area contributed by atoms with E-state index < -0.39 is 11.0 Å². The maximum atomic E-state index is 13.3. The number of halogens is 1. The minimum Gasteiger partial charge on any atom is -0.491 e. The molecule has 47 heavy (non-hydrogen) atoms. The second kappa shape index (κ2) is 16.9. The number of nitrogens with zero attached hydrogens (tertiary/aromatic N) is 1. The highest BCUT2D eigenvalue weighted by atomic mass is 35.5. The van der Waals surface area contributed by atoms with Crippen LogP contribution in [0.1, 0.15) is 87.7 Å². The fourth-order valence-electron chi connectivity index (χ4n) is 6.46. The summed E-state index contributed by atoms with van der Waals surface area (Å²) >= 11 is 6.40. The molecule has 7 atom stereocenters. The number of methoxy groups -OCH3 is 1. The fraction of sp³-hybridized carbons (Fsp3) is 0.526. The van der Waals surface area contributed by atoms with E-state index in [2.05, 4.69) is 54.3 Å². The molecule has 256 valence electrons. The number of fused-ring (bicyclic) bond motifs is 2. The Morgan fingerprint density at radius 2 is 1.89 bits per heavy atom. The van der Waals surface area contributed by atoms with Crippen molar-refractivity contribution in [3.8, 4) is 5.75 Å². The summed E-state index contributed by atoms with van der Waals surface area (Å²) in [6.45, 7) is 15.0. The highest BCUT2D eigenvalue weighted by Gasteiger charge is 2.39. The van der Waals surface area contributed by atoms with Crippen LogP contribution in [0, 0.1) is 17.8 Å². The predicted molar refractivity (Wildman–Crippen MR) is 193 cm³/mol. The lowest BCUT2D eigenvalue weighted by atomic mass is 9.70. The zero-order valence-electron chi connectivity index (χ0n) is 28.7. The SMILES string of the molecule is C=C(C)C(C)=O.CCCc1cc(Cl)ccc1C1COc2ccc3cc2N(C1)CC1CCC1C(OC)/C=C/CC(C)C(C)S(=O)NC3=O. The number of amides is 1. The van der Waals surface area contributed by atoms with Crippen molar-refractivity contribution in [2.24, 2.45) is 17.8 Å². The molecule has 5 rings (SSSR count). The van der Waals surface area contributed by atoms with Gasteiger partial charge in [0, 0.05) is 36.7 Å². The smallest absolute Gasteiger partial charge is 0.263 e. The number of allylic oxidation sites excluding steroid dienone is 2. The highest BCUT2D eigenvalue weighted by Crippen LogP contribution is 2.43. The summed E-state index contributed by atoms with van der Waals surface area (Å²) in [6.07, 6.45) is 9.47. The lowest BCUT2D eigenvalue weighted by Crippen LogP contribution is -2.44. The maximum Gasteiger partial charge on any atom is 0.263 e. The normalized spacial score (nSPS) is 28.2. The molecular formula is C38H51ClN2O5S. The Hall–Kier alpha value is -2.94. The molecule has 0 spiro atoms. The molecule has 1 N–H and O–H groups in total. The molecule has 0 aromatic heterocycles. The number of hydrogen-bond donors (Lipinski definition) is 1. The zero-order chi connectivity index (χ0) is 34.2. The largest absolute Gasteiger partial charge is 0.491 e. The number of ketones is 1. The second-order valence-corrected chi connectivity index (χ2v) is 15.3. The van der Waals surface area contributed by atoms with Crippen LogP contribution >= 0.6 is 11.6 Å². The van der Waals surface area contributed by atoms with Crippen molar-refractivity contribution in [2.45, 2.75) is 84.0 Å². The number of nitrogens with one attached hydrogen (secondary N) is 1. The third kappa shape index (κ3) is 9.36. The monoisotopic (exact) mass is 682 g/mol. The summed E-state index contributed by atoms with van der Waals surface area (Å²) in [7, 11) is 0.296. The summed E-state index contributed by atoms with van der Waals surface area (Å²) in [6, 6.07) is 11.8. The standard InChI is InChI=1S/C33H43ClN2O4S.C5H8O/c1-5-7-23-16-27(34)12-14-28(23)26-19-36-18-25-10-13-29(25)31(39-4)9-6-8-21(2)22(3)41(38)35-33(37)24-11-15-32(40-20-26)30(36)17-24;1-4(2)5(3)6/h6,9,11-12,14-17,21-22,25-26,29,31H,5,7-8,10,13,18-20H2,1-4H3,(H,35,37);1H2,2-3H3/b9-6+;. The number of ether oxygens (including phenoxy) is 2. The summed E-state index contributed by atoms with van der Waals surface area (Å²) in [4.78, 5) is 25.7. The number of aryl methyl sites for hydroxylation is 1. The van der Waals surface area contributed by atoms with Gasteiger partial charge in [0.15, 0.2) is 5.78 Å². The van der Waals surface area contributed by atoms with E-state index in [-0.39, 0.29) is 34.9 Å². The lowest BCUT2D eigenvalue weighted by molar-refractivity contribution is -0.113. The molecule has 1 fully saturated rings. The summed E-state index contributed by atoms with van der Waals surface area (Å²) in [5.74, 6) is 1.70. The van der Waals surface area contributed by atoms with Crippen molar-refractivity contribution in [1.29, 1.82) is 0 Å². The molecule has 1 aliphatic carbocycles. The molecule has 0 radical (unpaired) electrons. The number of carbonyl (C=O) groups is 2. The van der Waals surface area contributed by atoms with Crippen LogP contribution in [0.2, 0.25) is 5.02 Å². The number of anilines is 1. The Morgan fingerprint density at radius 3 is 2.53 bits per heavy atom. The molecule has 2 aromatic carbocycles. The van der Waals surface area contributed by atoms with E-state index in [9.17, 15) is 13.8 Å². The lowest BCUT2D eigenvalue weighted by Gasteiger charge is -2.43. The Labute approximate surface area is 288 Å². The van der Waals surface area contributed by atoms with Crippen molar-refractivity contribution in [1.82, 2.24) is 4.72 Å². The van der Waals surface area contributed by atoms with Crippen LogP contribution in [0.15, 0.2) is 60.7 Å².